The zero-order valence-electron chi connectivity index (χ0n) is 6.41. The van der Waals surface area contributed by atoms with Gasteiger partial charge in [-0.2, -0.15) is 0 Å². The smallest absolute Gasteiger partial charge is 0.267 e. The van der Waals surface area contributed by atoms with Gasteiger partial charge in [0.15, 0.2) is 11.5 Å². The van der Waals surface area contributed by atoms with Gasteiger partial charge in [0, 0.05) is 5.56 Å². The second kappa shape index (κ2) is 3.72. The number of nitrogens with one attached hydrogen (secondary N) is 2. The van der Waals surface area contributed by atoms with Crippen molar-refractivity contribution in [1.82, 2.24) is 11.1 Å². The molecule has 0 heterocycles. The van der Waals surface area contributed by atoms with Crippen LogP contribution in [0.3, 0.4) is 0 Å². The second-order valence-corrected chi connectivity index (χ2v) is 2.25. The minimum absolute atomic E-state index is 0.0282. The maximum absolute atomic E-state index is 11.4. The van der Waals surface area contributed by atoms with Crippen molar-refractivity contribution in [3.8, 4) is 11.5 Å². The Balaban J connectivity index is 2.90. The topological polar surface area (TPSA) is 81.6 Å². The zero-order chi connectivity index (χ0) is 9.84. The summed E-state index contributed by atoms with van der Waals surface area (Å²) in [5, 5.41) is 17.9. The first-order chi connectivity index (χ1) is 6.15. The Bertz CT molecular complexity index is 330. The molecule has 0 fully saturated rings. The summed E-state index contributed by atoms with van der Waals surface area (Å²) >= 11 is 0. The van der Waals surface area contributed by atoms with Crippen LogP contribution in [0.15, 0.2) is 18.2 Å². The fourth-order valence-electron chi connectivity index (χ4n) is 0.780. The molecule has 70 valence electrons. The summed E-state index contributed by atoms with van der Waals surface area (Å²) in [6.45, 7) is 0. The maximum atomic E-state index is 11.4. The van der Waals surface area contributed by atoms with Gasteiger partial charge in [-0.15, -0.1) is 4.48 Å². The lowest BCUT2D eigenvalue weighted by molar-refractivity contribution is 0.0881. The highest BCUT2D eigenvalue weighted by Gasteiger charge is 2.07. The molecule has 0 aliphatic heterocycles. The van der Waals surface area contributed by atoms with Crippen molar-refractivity contribution < 1.29 is 19.5 Å². The summed E-state index contributed by atoms with van der Waals surface area (Å²) < 4.78 is 11.4. The van der Waals surface area contributed by atoms with Crippen LogP contribution in [-0.2, 0) is 0 Å². The minimum atomic E-state index is -0.752. The van der Waals surface area contributed by atoms with Crippen molar-refractivity contribution >= 4 is 5.91 Å². The van der Waals surface area contributed by atoms with Gasteiger partial charge in [0.1, 0.15) is 0 Å². The van der Waals surface area contributed by atoms with Gasteiger partial charge in [0.2, 0.25) is 0 Å². The third-order valence-corrected chi connectivity index (χ3v) is 1.40. The average Bonchev–Trinajstić information content (AvgIpc) is 2.10. The lowest BCUT2D eigenvalue weighted by Gasteiger charge is -2.02. The minimum Gasteiger partial charge on any atom is -0.504 e. The lowest BCUT2D eigenvalue weighted by atomic mass is 10.2. The molecule has 0 bridgehead atoms. The van der Waals surface area contributed by atoms with Crippen LogP contribution >= 0.6 is 0 Å². The number of amides is 1. The number of hydrogen-bond acceptors (Lipinski definition) is 4. The average molecular weight is 186 g/mol. The fraction of sp³-hybridized carbons (Fsp3) is 0. The summed E-state index contributed by atoms with van der Waals surface area (Å²) in [6, 6.07) is 3.38. The van der Waals surface area contributed by atoms with Gasteiger partial charge in [0.25, 0.3) is 5.91 Å². The molecule has 6 heteroatoms. The van der Waals surface area contributed by atoms with Crippen LogP contribution in [0.4, 0.5) is 4.48 Å². The molecule has 5 nitrogen and oxygen atoms in total. The predicted octanol–water partition coefficient (Wildman–Crippen LogP) is 0.217. The summed E-state index contributed by atoms with van der Waals surface area (Å²) in [5.41, 5.74) is 2.64. The Kier molecular flexibility index (Phi) is 2.65. The number of hydrazine groups is 1. The second-order valence-electron chi connectivity index (χ2n) is 2.25. The molecule has 0 aliphatic carbocycles. The quantitative estimate of drug-likeness (QED) is 0.302. The van der Waals surface area contributed by atoms with Gasteiger partial charge < -0.3 is 10.2 Å². The lowest BCUT2D eigenvalue weighted by Crippen LogP contribution is -2.31. The third-order valence-electron chi connectivity index (χ3n) is 1.40. The SMILES string of the molecule is O=C(NNF)c1ccc(O)c(O)c1. The number of halogens is 1. The summed E-state index contributed by atoms with van der Waals surface area (Å²) in [7, 11) is 0. The van der Waals surface area contributed by atoms with Gasteiger partial charge in [-0.05, 0) is 18.2 Å². The van der Waals surface area contributed by atoms with Crippen molar-refractivity contribution in [2.45, 2.75) is 0 Å². The van der Waals surface area contributed by atoms with Crippen molar-refractivity contribution in [2.24, 2.45) is 0 Å². The van der Waals surface area contributed by atoms with E-state index in [4.69, 9.17) is 10.2 Å². The molecule has 4 N–H and O–H groups in total. The first-order valence-electron chi connectivity index (χ1n) is 3.33. The van der Waals surface area contributed by atoms with Gasteiger partial charge in [-0.1, -0.05) is 5.65 Å². The Labute approximate surface area is 72.7 Å². The van der Waals surface area contributed by atoms with Crippen molar-refractivity contribution in [1.29, 1.82) is 0 Å². The molecule has 1 aromatic rings. The van der Waals surface area contributed by atoms with E-state index in [0.29, 0.717) is 0 Å². The van der Waals surface area contributed by atoms with Crippen LogP contribution in [-0.4, -0.2) is 16.1 Å². The highest BCUT2D eigenvalue weighted by atomic mass is 19.2. The monoisotopic (exact) mass is 186 g/mol. The van der Waals surface area contributed by atoms with Crippen molar-refractivity contribution in [2.75, 3.05) is 0 Å². The van der Waals surface area contributed by atoms with Crippen molar-refractivity contribution in [3.05, 3.63) is 23.8 Å². The highest BCUT2D eigenvalue weighted by molar-refractivity contribution is 5.94. The van der Waals surface area contributed by atoms with Gasteiger partial charge in [-0.3, -0.25) is 10.2 Å². The van der Waals surface area contributed by atoms with E-state index in [1.54, 1.807) is 5.43 Å². The van der Waals surface area contributed by atoms with Gasteiger partial charge >= 0.3 is 0 Å². The standard InChI is InChI=1S/C7H7FN2O3/c8-10-9-7(13)4-1-2-5(11)6(12)3-4/h1-3,10-12H,(H,9,13). The Hall–Kier alpha value is -1.82. The van der Waals surface area contributed by atoms with E-state index in [0.717, 1.165) is 17.8 Å². The first-order valence-corrected chi connectivity index (χ1v) is 3.33. The van der Waals surface area contributed by atoms with Crippen LogP contribution in [0, 0.1) is 0 Å². The van der Waals surface area contributed by atoms with Crippen LogP contribution in [0.5, 0.6) is 11.5 Å². The van der Waals surface area contributed by atoms with E-state index in [-0.39, 0.29) is 11.3 Å². The molecule has 1 amide bonds. The number of phenolic OH excluding ortho intramolecular Hbond substituents is 2. The molecule has 0 aromatic heterocycles. The maximum Gasteiger partial charge on any atom is 0.267 e. The highest BCUT2D eigenvalue weighted by Crippen LogP contribution is 2.24. The summed E-state index contributed by atoms with van der Waals surface area (Å²) in [4.78, 5) is 10.9. The zero-order valence-corrected chi connectivity index (χ0v) is 6.41. The Morgan fingerprint density at radius 1 is 1.31 bits per heavy atom. The molecular formula is C7H7FN2O3. The molecule has 0 saturated heterocycles. The van der Waals surface area contributed by atoms with E-state index >= 15 is 0 Å². The molecule has 0 radical (unpaired) electrons. The van der Waals surface area contributed by atoms with Gasteiger partial charge in [-0.25, -0.2) is 0 Å². The summed E-state index contributed by atoms with van der Waals surface area (Å²) in [6.07, 6.45) is 0. The molecular weight excluding hydrogens is 179 g/mol. The first kappa shape index (κ1) is 9.27. The number of aromatic hydroxyl groups is 2. The Morgan fingerprint density at radius 2 is 2.00 bits per heavy atom. The van der Waals surface area contributed by atoms with E-state index in [9.17, 15) is 9.28 Å². The van der Waals surface area contributed by atoms with Gasteiger partial charge in [0.05, 0.1) is 0 Å². The number of phenols is 2. The molecule has 0 aliphatic rings. The number of hydrogen-bond donors (Lipinski definition) is 4. The number of carbonyl (C=O) groups excluding carboxylic acids is 1. The van der Waals surface area contributed by atoms with Crippen LogP contribution < -0.4 is 11.1 Å². The van der Waals surface area contributed by atoms with E-state index in [1.165, 1.54) is 6.07 Å². The predicted molar refractivity (Wildman–Crippen MR) is 41.5 cm³/mol. The van der Waals surface area contributed by atoms with Crippen LogP contribution in [0.1, 0.15) is 10.4 Å². The molecule has 13 heavy (non-hydrogen) atoms. The third kappa shape index (κ3) is 2.06. The number of rotatable bonds is 2. The summed E-state index contributed by atoms with van der Waals surface area (Å²) in [5.74, 6) is -1.53. The molecule has 0 atom stereocenters. The largest absolute Gasteiger partial charge is 0.504 e. The number of carbonyl (C=O) groups is 1. The van der Waals surface area contributed by atoms with E-state index in [1.807, 2.05) is 0 Å². The van der Waals surface area contributed by atoms with Crippen molar-refractivity contribution in [3.63, 3.8) is 0 Å². The van der Waals surface area contributed by atoms with E-state index in [2.05, 4.69) is 0 Å². The van der Waals surface area contributed by atoms with Crippen LogP contribution in [0.2, 0.25) is 0 Å². The molecule has 0 saturated carbocycles. The fourth-order valence-corrected chi connectivity index (χ4v) is 0.780. The normalized spacial score (nSPS) is 9.62. The molecule has 0 unspecified atom stereocenters. The molecule has 1 rings (SSSR count). The van der Waals surface area contributed by atoms with E-state index < -0.39 is 11.7 Å². The number of benzene rings is 1. The van der Waals surface area contributed by atoms with Crippen LogP contribution in [0.25, 0.3) is 0 Å². The Morgan fingerprint density at radius 3 is 2.54 bits per heavy atom. The molecule has 0 spiro atoms. The molecule has 1 aromatic carbocycles.